The third kappa shape index (κ3) is 4.46. The van der Waals surface area contributed by atoms with E-state index in [0.717, 1.165) is 38.9 Å². The number of hydrogen-bond acceptors (Lipinski definition) is 7. The van der Waals surface area contributed by atoms with Crippen LogP contribution < -0.4 is 5.73 Å². The van der Waals surface area contributed by atoms with Crippen molar-refractivity contribution in [1.82, 2.24) is 20.2 Å². The van der Waals surface area contributed by atoms with Gasteiger partial charge in [-0.2, -0.15) is 0 Å². The van der Waals surface area contributed by atoms with Crippen LogP contribution in [0.25, 0.3) is 33.6 Å². The Hall–Kier alpha value is -5.17. The van der Waals surface area contributed by atoms with E-state index >= 15 is 0 Å². The number of aryl methyl sites for hydroxylation is 1. The van der Waals surface area contributed by atoms with Crippen molar-refractivity contribution in [3.63, 3.8) is 0 Å². The molecule has 3 aromatic heterocycles. The molecule has 0 amide bonds. The van der Waals surface area contributed by atoms with Gasteiger partial charge in [0.1, 0.15) is 23.3 Å². The van der Waals surface area contributed by atoms with Crippen LogP contribution in [-0.4, -0.2) is 25.9 Å². The zero-order valence-electron chi connectivity index (χ0n) is 20.0. The number of nitrogen functional groups attached to an aromatic ring is 1. The first-order valence-electron chi connectivity index (χ1n) is 11.8. The maximum Gasteiger partial charge on any atom is 0.244 e. The van der Waals surface area contributed by atoms with E-state index in [-0.39, 0.29) is 0 Å². The van der Waals surface area contributed by atoms with Gasteiger partial charge in [-0.05, 0) is 42.3 Å². The van der Waals surface area contributed by atoms with Crippen LogP contribution in [-0.2, 0) is 0 Å². The van der Waals surface area contributed by atoms with Crippen LogP contribution in [0.3, 0.4) is 0 Å². The molecule has 3 heterocycles. The Balaban J connectivity index is 1.56. The highest BCUT2D eigenvalue weighted by Crippen LogP contribution is 2.35. The van der Waals surface area contributed by atoms with Crippen LogP contribution in [0.1, 0.15) is 16.7 Å². The molecule has 0 atom stereocenters. The van der Waals surface area contributed by atoms with Gasteiger partial charge in [-0.25, -0.2) is 9.98 Å². The van der Waals surface area contributed by atoms with Crippen molar-refractivity contribution in [3.05, 3.63) is 120 Å². The van der Waals surface area contributed by atoms with E-state index in [9.17, 15) is 0 Å². The minimum Gasteiger partial charge on any atom is -0.443 e. The summed E-state index contributed by atoms with van der Waals surface area (Å²) in [6.07, 6.45) is 4.98. The molecular weight excluding hydrogens is 460 g/mol. The molecule has 7 nitrogen and oxygen atoms in total. The van der Waals surface area contributed by atoms with Crippen LogP contribution in [0.4, 0.5) is 11.5 Å². The lowest BCUT2D eigenvalue weighted by atomic mass is 9.98. The van der Waals surface area contributed by atoms with Crippen LogP contribution in [0.15, 0.2) is 113 Å². The number of anilines is 1. The number of nitrogens with two attached hydrogens (primary N) is 1. The molecule has 0 saturated carbocycles. The Labute approximate surface area is 213 Å². The third-order valence-corrected chi connectivity index (χ3v) is 6.09. The molecule has 3 aromatic carbocycles. The van der Waals surface area contributed by atoms with Crippen molar-refractivity contribution < 1.29 is 4.42 Å². The fourth-order valence-corrected chi connectivity index (χ4v) is 4.33. The fourth-order valence-electron chi connectivity index (χ4n) is 4.33. The maximum atomic E-state index is 6.01. The predicted octanol–water partition coefficient (Wildman–Crippen LogP) is 6.41. The number of nitrogens with zero attached hydrogens (tertiary/aromatic N) is 5. The quantitative estimate of drug-likeness (QED) is 0.285. The molecule has 0 unspecified atom stereocenters. The second-order valence-corrected chi connectivity index (χ2v) is 8.62. The lowest BCUT2D eigenvalue weighted by Gasteiger charge is -2.12. The van der Waals surface area contributed by atoms with Crippen molar-refractivity contribution in [3.8, 4) is 22.7 Å². The number of aliphatic imine (C=N–C) groups is 1. The van der Waals surface area contributed by atoms with Crippen LogP contribution in [0.5, 0.6) is 0 Å². The van der Waals surface area contributed by atoms with Crippen LogP contribution in [0, 0.1) is 6.92 Å². The van der Waals surface area contributed by atoms with E-state index < -0.39 is 0 Å². The van der Waals surface area contributed by atoms with E-state index in [2.05, 4.69) is 44.4 Å². The topological polar surface area (TPSA) is 103 Å². The lowest BCUT2D eigenvalue weighted by molar-refractivity contribution is 0.572. The second kappa shape index (κ2) is 9.47. The van der Waals surface area contributed by atoms with E-state index in [1.165, 1.54) is 6.26 Å². The standard InChI is InChI=1S/C30H22N6O/c1-19-14-26(30-32-12-13-37-30)33-18-24(19)22-15-23-17-27(31)35-36-29(23)25(16-22)34-28(20-8-4-2-5-9-20)21-10-6-3-7-11-21/h2-18H,1H3,(H2,31,35). The Kier molecular flexibility index (Phi) is 5.71. The van der Waals surface area contributed by atoms with Crippen LogP contribution >= 0.6 is 0 Å². The third-order valence-electron chi connectivity index (χ3n) is 6.09. The maximum absolute atomic E-state index is 6.01. The molecule has 0 aliphatic heterocycles. The van der Waals surface area contributed by atoms with Crippen molar-refractivity contribution >= 4 is 28.1 Å². The minimum absolute atomic E-state index is 0.347. The predicted molar refractivity (Wildman–Crippen MR) is 146 cm³/mol. The Morgan fingerprint density at radius 1 is 0.838 bits per heavy atom. The van der Waals surface area contributed by atoms with Crippen molar-refractivity contribution in [2.75, 3.05) is 5.73 Å². The van der Waals surface area contributed by atoms with Gasteiger partial charge >= 0.3 is 0 Å². The average molecular weight is 483 g/mol. The normalized spacial score (nSPS) is 10.9. The molecule has 178 valence electrons. The van der Waals surface area contributed by atoms with Gasteiger partial charge in [0, 0.05) is 28.3 Å². The van der Waals surface area contributed by atoms with Gasteiger partial charge in [0.2, 0.25) is 5.89 Å². The van der Waals surface area contributed by atoms with E-state index in [4.69, 9.17) is 15.1 Å². The SMILES string of the molecule is Cc1cc(-c2ncco2)ncc1-c1cc(N=C(c2ccccc2)c2ccccc2)c2nnc(N)cc2c1. The molecule has 0 aliphatic carbocycles. The minimum atomic E-state index is 0.347. The van der Waals surface area contributed by atoms with Gasteiger partial charge in [0.15, 0.2) is 0 Å². The van der Waals surface area contributed by atoms with Gasteiger partial charge in [0.25, 0.3) is 0 Å². The van der Waals surface area contributed by atoms with Crippen molar-refractivity contribution in [2.45, 2.75) is 6.92 Å². The number of aromatic nitrogens is 4. The Morgan fingerprint density at radius 3 is 2.22 bits per heavy atom. The monoisotopic (exact) mass is 482 g/mol. The first-order chi connectivity index (χ1) is 18.2. The summed E-state index contributed by atoms with van der Waals surface area (Å²) < 4.78 is 5.42. The zero-order chi connectivity index (χ0) is 25.2. The first-order valence-corrected chi connectivity index (χ1v) is 11.8. The smallest absolute Gasteiger partial charge is 0.244 e. The number of oxazole rings is 1. The summed E-state index contributed by atoms with van der Waals surface area (Å²) in [5, 5.41) is 9.36. The van der Waals surface area contributed by atoms with Gasteiger partial charge < -0.3 is 10.2 Å². The number of fused-ring (bicyclic) bond motifs is 1. The molecule has 0 bridgehead atoms. The molecule has 2 N–H and O–H groups in total. The largest absolute Gasteiger partial charge is 0.443 e. The van der Waals surface area contributed by atoms with Crippen LogP contribution in [0.2, 0.25) is 0 Å². The average Bonchev–Trinajstić information content (AvgIpc) is 3.47. The first kappa shape index (κ1) is 22.3. The molecule has 6 aromatic rings. The summed E-state index contributed by atoms with van der Waals surface area (Å²) in [5.74, 6) is 0.830. The Bertz CT molecular complexity index is 1690. The summed E-state index contributed by atoms with van der Waals surface area (Å²) in [6, 6.07) is 28.1. The van der Waals surface area contributed by atoms with Gasteiger partial charge in [-0.1, -0.05) is 60.7 Å². The molecule has 0 spiro atoms. The zero-order valence-corrected chi connectivity index (χ0v) is 20.0. The van der Waals surface area contributed by atoms with Gasteiger partial charge in [-0.15, -0.1) is 10.2 Å². The molecule has 6 rings (SSSR count). The summed E-state index contributed by atoms with van der Waals surface area (Å²) in [5.41, 5.74) is 13.8. The number of benzene rings is 3. The van der Waals surface area contributed by atoms with E-state index in [0.29, 0.717) is 28.6 Å². The van der Waals surface area contributed by atoms with Gasteiger partial charge in [0.05, 0.1) is 17.6 Å². The lowest BCUT2D eigenvalue weighted by Crippen LogP contribution is -2.03. The molecular formula is C30H22N6O. The van der Waals surface area contributed by atoms with E-state index in [1.54, 1.807) is 6.20 Å². The molecule has 37 heavy (non-hydrogen) atoms. The highest BCUT2D eigenvalue weighted by molar-refractivity contribution is 6.15. The number of rotatable bonds is 5. The highest BCUT2D eigenvalue weighted by atomic mass is 16.3. The highest BCUT2D eigenvalue weighted by Gasteiger charge is 2.14. The summed E-state index contributed by atoms with van der Waals surface area (Å²) in [6.45, 7) is 2.04. The van der Waals surface area contributed by atoms with Crippen molar-refractivity contribution in [2.24, 2.45) is 4.99 Å². The fraction of sp³-hybridized carbons (Fsp3) is 0.0333. The molecule has 0 radical (unpaired) electrons. The summed E-state index contributed by atoms with van der Waals surface area (Å²) >= 11 is 0. The molecule has 0 saturated heterocycles. The van der Waals surface area contributed by atoms with Crippen molar-refractivity contribution in [1.29, 1.82) is 0 Å². The Morgan fingerprint density at radius 2 is 1.57 bits per heavy atom. The second-order valence-electron chi connectivity index (χ2n) is 8.62. The summed E-state index contributed by atoms with van der Waals surface area (Å²) in [4.78, 5) is 14.0. The number of hydrogen-bond donors (Lipinski definition) is 1. The van der Waals surface area contributed by atoms with Gasteiger partial charge in [-0.3, -0.25) is 4.98 Å². The van der Waals surface area contributed by atoms with E-state index in [1.807, 2.05) is 73.8 Å². The summed E-state index contributed by atoms with van der Waals surface area (Å²) in [7, 11) is 0. The molecule has 0 fully saturated rings. The molecule has 7 heteroatoms. The number of pyridine rings is 1. The molecule has 0 aliphatic rings.